The number of carbonyl (C=O) groups is 1. The van der Waals surface area contributed by atoms with E-state index in [1.54, 1.807) is 18.0 Å². The number of benzene rings is 1. The lowest BCUT2D eigenvalue weighted by molar-refractivity contribution is -0.135. The average Bonchev–Trinajstić information content (AvgIpc) is 3.25. The molecule has 0 aliphatic carbocycles. The molecule has 2 fully saturated rings. The van der Waals surface area contributed by atoms with Gasteiger partial charge < -0.3 is 9.80 Å². The second kappa shape index (κ2) is 9.82. The van der Waals surface area contributed by atoms with Crippen LogP contribution in [-0.4, -0.2) is 64.3 Å². The Bertz CT molecular complexity index is 933. The van der Waals surface area contributed by atoms with Crippen molar-refractivity contribution in [3.63, 3.8) is 0 Å². The van der Waals surface area contributed by atoms with Crippen molar-refractivity contribution >= 4 is 23.7 Å². The van der Waals surface area contributed by atoms with E-state index < -0.39 is 0 Å². The topological polar surface area (TPSA) is 72.5 Å². The first-order chi connectivity index (χ1) is 15.0. The molecule has 2 aliphatic heterocycles. The van der Waals surface area contributed by atoms with Gasteiger partial charge in [0.2, 0.25) is 5.91 Å². The van der Waals surface area contributed by atoms with Gasteiger partial charge in [-0.25, -0.2) is 13.8 Å². The number of aromatic nitrogens is 2. The van der Waals surface area contributed by atoms with Crippen molar-refractivity contribution in [2.45, 2.75) is 25.3 Å². The number of H-pyrrole nitrogens is 1. The second-order valence-electron chi connectivity index (χ2n) is 8.07. The zero-order valence-corrected chi connectivity index (χ0v) is 18.5. The van der Waals surface area contributed by atoms with Crippen LogP contribution in [0.15, 0.2) is 41.2 Å². The molecule has 1 amide bonds. The van der Waals surface area contributed by atoms with Crippen molar-refractivity contribution in [3.05, 3.63) is 58.1 Å². The number of nitrogens with zero attached hydrogens (tertiary/aromatic N) is 4. The first-order valence-electron chi connectivity index (χ1n) is 10.7. The van der Waals surface area contributed by atoms with Gasteiger partial charge in [-0.2, -0.15) is 5.10 Å². The summed E-state index contributed by atoms with van der Waals surface area (Å²) in [5.41, 5.74) is 0.892. The minimum absolute atomic E-state index is 0.0521. The standard InChI is InChI=1S/C22H28FN5O2S/c1-31-28-14-13-26(11-2-3-19(28)16-4-6-18(23)7-5-16)22(30)17-10-12-27(15-17)20-8-9-21(29)25-24-20/h4-9,17,19H,2-3,10-15H2,1H3,(H,25,29). The van der Waals surface area contributed by atoms with Crippen molar-refractivity contribution < 1.29 is 9.18 Å². The molecule has 0 spiro atoms. The molecule has 2 aromatic rings. The van der Waals surface area contributed by atoms with Crippen LogP contribution in [0.25, 0.3) is 0 Å². The summed E-state index contributed by atoms with van der Waals surface area (Å²) in [6.07, 6.45) is 4.67. The minimum Gasteiger partial charge on any atom is -0.354 e. The van der Waals surface area contributed by atoms with Crippen LogP contribution in [0.2, 0.25) is 0 Å². The molecule has 0 bridgehead atoms. The number of anilines is 1. The molecule has 31 heavy (non-hydrogen) atoms. The monoisotopic (exact) mass is 445 g/mol. The molecule has 2 unspecified atom stereocenters. The molecular weight excluding hydrogens is 417 g/mol. The number of halogens is 1. The van der Waals surface area contributed by atoms with Crippen LogP contribution in [-0.2, 0) is 4.79 Å². The summed E-state index contributed by atoms with van der Waals surface area (Å²) < 4.78 is 15.6. The Hall–Kier alpha value is -2.39. The predicted octanol–water partition coefficient (Wildman–Crippen LogP) is 2.68. The second-order valence-corrected chi connectivity index (χ2v) is 8.90. The molecule has 4 rings (SSSR count). The highest BCUT2D eigenvalue weighted by atomic mass is 32.2. The molecule has 0 radical (unpaired) electrons. The summed E-state index contributed by atoms with van der Waals surface area (Å²) in [7, 11) is 0. The van der Waals surface area contributed by atoms with Gasteiger partial charge in [0, 0.05) is 44.8 Å². The van der Waals surface area contributed by atoms with Crippen molar-refractivity contribution in [3.8, 4) is 0 Å². The van der Waals surface area contributed by atoms with Gasteiger partial charge in [0.25, 0.3) is 5.56 Å². The molecule has 166 valence electrons. The molecule has 2 aliphatic rings. The molecule has 3 heterocycles. The maximum Gasteiger partial charge on any atom is 0.264 e. The van der Waals surface area contributed by atoms with Gasteiger partial charge >= 0.3 is 0 Å². The Morgan fingerprint density at radius 1 is 1.10 bits per heavy atom. The lowest BCUT2D eigenvalue weighted by Gasteiger charge is -2.36. The van der Waals surface area contributed by atoms with Crippen LogP contribution >= 0.6 is 11.9 Å². The van der Waals surface area contributed by atoms with E-state index in [9.17, 15) is 14.0 Å². The Balaban J connectivity index is 1.37. The third kappa shape index (κ3) is 5.10. The maximum atomic E-state index is 13.3. The molecule has 2 saturated heterocycles. The summed E-state index contributed by atoms with van der Waals surface area (Å²) >= 11 is 1.68. The van der Waals surface area contributed by atoms with Crippen LogP contribution in [0.5, 0.6) is 0 Å². The Labute approximate surface area is 185 Å². The zero-order chi connectivity index (χ0) is 21.8. The van der Waals surface area contributed by atoms with Gasteiger partial charge in [0.15, 0.2) is 0 Å². The minimum atomic E-state index is -0.228. The summed E-state index contributed by atoms with van der Waals surface area (Å²) in [5, 5.41) is 6.55. The van der Waals surface area contributed by atoms with Crippen LogP contribution in [0, 0.1) is 11.7 Å². The van der Waals surface area contributed by atoms with Crippen LogP contribution in [0.1, 0.15) is 30.9 Å². The fraction of sp³-hybridized carbons (Fsp3) is 0.500. The van der Waals surface area contributed by atoms with Gasteiger partial charge in [0.05, 0.1) is 5.92 Å². The number of rotatable bonds is 4. The lowest BCUT2D eigenvalue weighted by atomic mass is 10.00. The highest BCUT2D eigenvalue weighted by Crippen LogP contribution is 2.32. The Morgan fingerprint density at radius 2 is 1.90 bits per heavy atom. The molecule has 7 nitrogen and oxygen atoms in total. The van der Waals surface area contributed by atoms with E-state index in [1.807, 2.05) is 17.0 Å². The fourth-order valence-electron chi connectivity index (χ4n) is 4.50. The number of amides is 1. The lowest BCUT2D eigenvalue weighted by Crippen LogP contribution is -2.44. The van der Waals surface area contributed by atoms with E-state index >= 15 is 0 Å². The third-order valence-corrected chi connectivity index (χ3v) is 7.08. The summed E-state index contributed by atoms with van der Waals surface area (Å²) in [5.74, 6) is 0.639. The third-order valence-electron chi connectivity index (χ3n) is 6.17. The van der Waals surface area contributed by atoms with Crippen molar-refractivity contribution in [1.82, 2.24) is 19.4 Å². The number of hydrogen-bond acceptors (Lipinski definition) is 6. The van der Waals surface area contributed by atoms with Crippen molar-refractivity contribution in [1.29, 1.82) is 0 Å². The largest absolute Gasteiger partial charge is 0.354 e. The molecule has 9 heteroatoms. The zero-order valence-electron chi connectivity index (χ0n) is 17.7. The first-order valence-corrected chi connectivity index (χ1v) is 11.9. The quantitative estimate of drug-likeness (QED) is 0.730. The number of carbonyl (C=O) groups excluding carboxylic acids is 1. The molecule has 2 atom stereocenters. The first kappa shape index (κ1) is 21.8. The summed E-state index contributed by atoms with van der Waals surface area (Å²) in [6.45, 7) is 3.58. The van der Waals surface area contributed by atoms with Crippen molar-refractivity contribution in [2.24, 2.45) is 5.92 Å². The van der Waals surface area contributed by atoms with E-state index in [0.717, 1.165) is 44.5 Å². The molecule has 0 saturated carbocycles. The molecular formula is C22H28FN5O2S. The number of hydrogen-bond donors (Lipinski definition) is 1. The maximum absolute atomic E-state index is 13.3. The fourth-order valence-corrected chi connectivity index (χ4v) is 5.25. The number of nitrogens with one attached hydrogen (secondary N) is 1. The van der Waals surface area contributed by atoms with Gasteiger partial charge in [-0.3, -0.25) is 9.59 Å². The smallest absolute Gasteiger partial charge is 0.264 e. The van der Waals surface area contributed by atoms with E-state index in [0.29, 0.717) is 18.9 Å². The van der Waals surface area contributed by atoms with Crippen LogP contribution in [0.3, 0.4) is 0 Å². The van der Waals surface area contributed by atoms with E-state index in [1.165, 1.54) is 18.2 Å². The summed E-state index contributed by atoms with van der Waals surface area (Å²) in [4.78, 5) is 28.5. The van der Waals surface area contributed by atoms with E-state index in [2.05, 4.69) is 25.7 Å². The number of aromatic amines is 1. The molecule has 1 aromatic heterocycles. The van der Waals surface area contributed by atoms with Gasteiger partial charge in [-0.1, -0.05) is 24.1 Å². The van der Waals surface area contributed by atoms with Gasteiger partial charge in [-0.15, -0.1) is 0 Å². The average molecular weight is 446 g/mol. The van der Waals surface area contributed by atoms with Gasteiger partial charge in [-0.05, 0) is 49.3 Å². The summed E-state index contributed by atoms with van der Waals surface area (Å²) in [6, 6.07) is 10.2. The highest BCUT2D eigenvalue weighted by Gasteiger charge is 2.33. The Morgan fingerprint density at radius 3 is 2.61 bits per heavy atom. The van der Waals surface area contributed by atoms with E-state index in [-0.39, 0.29) is 29.2 Å². The Kier molecular flexibility index (Phi) is 6.92. The highest BCUT2D eigenvalue weighted by molar-refractivity contribution is 7.96. The van der Waals surface area contributed by atoms with E-state index in [4.69, 9.17) is 0 Å². The van der Waals surface area contributed by atoms with Gasteiger partial charge in [0.1, 0.15) is 11.6 Å². The molecule has 1 aromatic carbocycles. The predicted molar refractivity (Wildman–Crippen MR) is 120 cm³/mol. The molecule has 1 N–H and O–H groups in total. The van der Waals surface area contributed by atoms with Crippen LogP contribution < -0.4 is 10.5 Å². The normalized spacial score (nSPS) is 22.9. The SMILES string of the molecule is CSN1CCN(C(=O)C2CCN(c3ccc(=O)[nH]n3)C2)CCCC1c1ccc(F)cc1. The van der Waals surface area contributed by atoms with Crippen molar-refractivity contribution in [2.75, 3.05) is 43.9 Å². The van der Waals surface area contributed by atoms with Crippen LogP contribution in [0.4, 0.5) is 10.2 Å².